The molecule has 37 heavy (non-hydrogen) atoms. The number of pyridine rings is 1. The van der Waals surface area contributed by atoms with Gasteiger partial charge in [-0.05, 0) is 26.3 Å². The van der Waals surface area contributed by atoms with Crippen LogP contribution in [0, 0.1) is 11.8 Å². The molecule has 6 heterocycles. The molecule has 2 aliphatic rings. The minimum atomic E-state index is -0.0345. The Morgan fingerprint density at radius 1 is 1.22 bits per heavy atom. The fourth-order valence-electron chi connectivity index (χ4n) is 5.03. The molecule has 12 nitrogen and oxygen atoms in total. The lowest BCUT2D eigenvalue weighted by Crippen LogP contribution is -2.54. The molecule has 0 spiro atoms. The molecule has 0 aliphatic carbocycles. The molecular weight excluding hydrogens is 472 g/mol. The van der Waals surface area contributed by atoms with Gasteiger partial charge in [0.05, 0.1) is 28.6 Å². The summed E-state index contributed by atoms with van der Waals surface area (Å²) < 4.78 is 2.00. The number of anilines is 3. The maximum Gasteiger partial charge on any atom is 0.229 e. The molecule has 4 aromatic heterocycles. The smallest absolute Gasteiger partial charge is 0.229 e. The lowest BCUT2D eigenvalue weighted by atomic mass is 9.98. The van der Waals surface area contributed by atoms with Crippen LogP contribution in [0.3, 0.4) is 0 Å². The summed E-state index contributed by atoms with van der Waals surface area (Å²) in [5.74, 6) is 3.06. The normalized spacial score (nSPS) is 18.1. The topological polar surface area (TPSA) is 141 Å². The Kier molecular flexibility index (Phi) is 5.95. The van der Waals surface area contributed by atoms with Crippen molar-refractivity contribution in [1.29, 1.82) is 0 Å². The maximum absolute atomic E-state index is 12.9. The summed E-state index contributed by atoms with van der Waals surface area (Å²) >= 11 is 0. The van der Waals surface area contributed by atoms with Crippen LogP contribution in [0.15, 0.2) is 36.9 Å². The molecule has 0 bridgehead atoms. The van der Waals surface area contributed by atoms with Crippen molar-refractivity contribution in [2.75, 3.05) is 43.0 Å². The number of fused-ring (bicyclic) bond motifs is 1. The third kappa shape index (κ3) is 4.37. The van der Waals surface area contributed by atoms with E-state index in [1.165, 1.54) is 0 Å². The van der Waals surface area contributed by atoms with E-state index >= 15 is 0 Å². The lowest BCUT2D eigenvalue weighted by Gasteiger charge is -2.40. The zero-order valence-electron chi connectivity index (χ0n) is 20.9. The average Bonchev–Trinajstić information content (AvgIpc) is 3.63. The van der Waals surface area contributed by atoms with Crippen LogP contribution in [0.5, 0.6) is 0 Å². The van der Waals surface area contributed by atoms with Crippen molar-refractivity contribution < 1.29 is 9.90 Å². The Morgan fingerprint density at radius 2 is 2.08 bits per heavy atom. The van der Waals surface area contributed by atoms with Crippen LogP contribution in [-0.4, -0.2) is 83.6 Å². The Hall–Kier alpha value is -4.06. The molecule has 3 N–H and O–H groups in total. The van der Waals surface area contributed by atoms with Gasteiger partial charge in [0.2, 0.25) is 5.91 Å². The molecule has 0 saturated carbocycles. The Balaban J connectivity index is 1.21. The van der Waals surface area contributed by atoms with Crippen molar-refractivity contribution in [3.63, 3.8) is 0 Å². The predicted octanol–water partition coefficient (Wildman–Crippen LogP) is 2.21. The van der Waals surface area contributed by atoms with Crippen LogP contribution in [0.2, 0.25) is 0 Å². The Morgan fingerprint density at radius 3 is 2.81 bits per heavy atom. The van der Waals surface area contributed by atoms with Gasteiger partial charge in [-0.15, -0.1) is 0 Å². The molecule has 1 amide bonds. The first-order valence-corrected chi connectivity index (χ1v) is 12.6. The van der Waals surface area contributed by atoms with E-state index < -0.39 is 0 Å². The number of aromatic amines is 1. The minimum absolute atomic E-state index is 0.0345. The summed E-state index contributed by atoms with van der Waals surface area (Å²) in [6.45, 7) is 7.01. The largest absolute Gasteiger partial charge is 0.396 e. The molecule has 2 saturated heterocycles. The van der Waals surface area contributed by atoms with Crippen molar-refractivity contribution in [3.8, 4) is 11.4 Å². The molecule has 0 radical (unpaired) electrons. The summed E-state index contributed by atoms with van der Waals surface area (Å²) in [6, 6.07) is 3.92. The number of carbonyl (C=O) groups is 1. The van der Waals surface area contributed by atoms with Crippen molar-refractivity contribution in [1.82, 2.24) is 39.8 Å². The quantitative estimate of drug-likeness (QED) is 0.347. The van der Waals surface area contributed by atoms with Gasteiger partial charge in [0.25, 0.3) is 0 Å². The second kappa shape index (κ2) is 9.43. The van der Waals surface area contributed by atoms with E-state index in [0.717, 1.165) is 35.2 Å². The highest BCUT2D eigenvalue weighted by atomic mass is 16.3. The lowest BCUT2D eigenvalue weighted by molar-refractivity contribution is -0.135. The zero-order chi connectivity index (χ0) is 25.5. The molecule has 0 aromatic carbocycles. The van der Waals surface area contributed by atoms with Crippen molar-refractivity contribution in [3.05, 3.63) is 36.9 Å². The van der Waals surface area contributed by atoms with Crippen molar-refractivity contribution >= 4 is 34.3 Å². The number of nitrogens with one attached hydrogen (secondary N) is 2. The first-order chi connectivity index (χ1) is 18.0. The number of H-pyrrole nitrogens is 1. The number of nitrogens with zero attached hydrogens (tertiary/aromatic N) is 8. The highest BCUT2D eigenvalue weighted by Gasteiger charge is 2.39. The van der Waals surface area contributed by atoms with Crippen LogP contribution < -0.4 is 10.2 Å². The molecule has 2 fully saturated rings. The monoisotopic (exact) mass is 502 g/mol. The highest BCUT2D eigenvalue weighted by molar-refractivity contribution is 5.93. The number of aliphatic hydroxyl groups excluding tert-OH is 1. The van der Waals surface area contributed by atoms with Crippen LogP contribution in [0.1, 0.15) is 26.3 Å². The van der Waals surface area contributed by atoms with Crippen LogP contribution in [0.4, 0.5) is 17.5 Å². The molecule has 2 aliphatic heterocycles. The fraction of sp³-hybridized carbons (Fsp3) is 0.440. The number of likely N-dealkylation sites (tertiary alicyclic amines) is 1. The van der Waals surface area contributed by atoms with Crippen LogP contribution in [-0.2, 0) is 4.79 Å². The number of hydrogen-bond acceptors (Lipinski definition) is 9. The summed E-state index contributed by atoms with van der Waals surface area (Å²) in [7, 11) is 0. The Bertz CT molecular complexity index is 1410. The number of aromatic nitrogens is 7. The molecule has 12 heteroatoms. The number of carbonyl (C=O) groups excluding carboxylic acids is 1. The van der Waals surface area contributed by atoms with Gasteiger partial charge < -0.3 is 20.2 Å². The maximum atomic E-state index is 12.9. The molecule has 192 valence electrons. The fourth-order valence-corrected chi connectivity index (χ4v) is 5.03. The van der Waals surface area contributed by atoms with Gasteiger partial charge in [-0.2, -0.15) is 10.2 Å². The van der Waals surface area contributed by atoms with Gasteiger partial charge in [0.1, 0.15) is 11.6 Å². The van der Waals surface area contributed by atoms with Crippen LogP contribution >= 0.6 is 0 Å². The van der Waals surface area contributed by atoms with Crippen LogP contribution in [0.25, 0.3) is 22.3 Å². The van der Waals surface area contributed by atoms with Gasteiger partial charge in [-0.1, -0.05) is 0 Å². The van der Waals surface area contributed by atoms with E-state index in [0.29, 0.717) is 37.1 Å². The average molecular weight is 503 g/mol. The van der Waals surface area contributed by atoms with E-state index in [9.17, 15) is 9.90 Å². The first kappa shape index (κ1) is 23.3. The summed E-state index contributed by atoms with van der Waals surface area (Å²) in [6.07, 6.45) is 7.83. The van der Waals surface area contributed by atoms with Gasteiger partial charge >= 0.3 is 0 Å². The number of rotatable bonds is 7. The molecule has 0 unspecified atom stereocenters. The molecule has 4 aromatic rings. The zero-order valence-corrected chi connectivity index (χ0v) is 20.9. The highest BCUT2D eigenvalue weighted by Crippen LogP contribution is 2.34. The summed E-state index contributed by atoms with van der Waals surface area (Å²) in [5.41, 5.74) is 1.77. The van der Waals surface area contributed by atoms with E-state index in [1.807, 2.05) is 21.8 Å². The third-order valence-corrected chi connectivity index (χ3v) is 7.12. The standard InChI is InChI=1S/C25H30N10O2/c1-15(2)35-20-7-22(30-21-3-5-26-23(31-21)17-8-28-29-9-17)27-10-19(20)24(32-35)34-12-18(13-34)25(37)33-6-4-16(11-33)14-36/h3,5,7-10,15-16,18,36H,4,6,11-14H2,1-2H3,(H,28,29)(H,26,27,30,31)/t16-/m0/s1. The summed E-state index contributed by atoms with van der Waals surface area (Å²) in [5, 5.41) is 25.3. The van der Waals surface area contributed by atoms with Gasteiger partial charge in [-0.25, -0.2) is 15.0 Å². The molecular formula is C25H30N10O2. The SMILES string of the molecule is CC(C)n1nc(N2CC(C(=O)N3CC[C@H](CO)C3)C2)c2cnc(Nc3ccnc(-c4cn[nH]c4)n3)cc21. The van der Waals surface area contributed by atoms with E-state index in [2.05, 4.69) is 49.2 Å². The number of amides is 1. The van der Waals surface area contributed by atoms with Crippen molar-refractivity contribution in [2.45, 2.75) is 26.3 Å². The van der Waals surface area contributed by atoms with Gasteiger partial charge in [-0.3, -0.25) is 14.6 Å². The third-order valence-electron chi connectivity index (χ3n) is 7.12. The number of hydrogen-bond donors (Lipinski definition) is 3. The minimum Gasteiger partial charge on any atom is -0.396 e. The van der Waals surface area contributed by atoms with E-state index in [-0.39, 0.29) is 30.4 Å². The first-order valence-electron chi connectivity index (χ1n) is 12.6. The second-order valence-electron chi connectivity index (χ2n) is 10.0. The summed E-state index contributed by atoms with van der Waals surface area (Å²) in [4.78, 5) is 30.5. The van der Waals surface area contributed by atoms with Gasteiger partial charge in [0.15, 0.2) is 11.6 Å². The second-order valence-corrected chi connectivity index (χ2v) is 10.0. The number of aliphatic hydroxyl groups is 1. The Labute approximate surface area is 213 Å². The van der Waals surface area contributed by atoms with E-state index in [1.54, 1.807) is 24.7 Å². The predicted molar refractivity (Wildman–Crippen MR) is 138 cm³/mol. The van der Waals surface area contributed by atoms with Gasteiger partial charge in [0, 0.05) is 69.4 Å². The molecule has 6 rings (SSSR count). The molecule has 1 atom stereocenters. The van der Waals surface area contributed by atoms with E-state index in [4.69, 9.17) is 5.10 Å². The van der Waals surface area contributed by atoms with Crippen molar-refractivity contribution in [2.24, 2.45) is 11.8 Å².